The number of rotatable bonds is 13. The molecule has 0 aliphatic carbocycles. The van der Waals surface area contributed by atoms with Crippen LogP contribution in [0.4, 0.5) is 0 Å². The fraction of sp³-hybridized carbons (Fsp3) is 0.583. The normalized spacial score (nSPS) is 10.2. The van der Waals surface area contributed by atoms with Crippen molar-refractivity contribution in [1.82, 2.24) is 0 Å². The SMILES string of the molecule is C[n+]1cccc(CCCCCCCCCCCCc2ccc[n+](C)c2)c1.[I-].[I-]. The van der Waals surface area contributed by atoms with Gasteiger partial charge in [0, 0.05) is 23.3 Å². The fourth-order valence-electron chi connectivity index (χ4n) is 3.67. The molecule has 2 nitrogen and oxygen atoms in total. The van der Waals surface area contributed by atoms with E-state index in [4.69, 9.17) is 0 Å². The lowest BCUT2D eigenvalue weighted by Gasteiger charge is -2.03. The average Bonchev–Trinajstić information content (AvgIpc) is 2.63. The zero-order valence-electron chi connectivity index (χ0n) is 17.8. The zero-order chi connectivity index (χ0) is 18.5. The van der Waals surface area contributed by atoms with Crippen molar-refractivity contribution in [3.05, 3.63) is 60.2 Å². The summed E-state index contributed by atoms with van der Waals surface area (Å²) >= 11 is 0. The highest BCUT2D eigenvalue weighted by molar-refractivity contribution is 5.05. The van der Waals surface area contributed by atoms with E-state index in [0.29, 0.717) is 0 Å². The van der Waals surface area contributed by atoms with Crippen molar-refractivity contribution in [3.63, 3.8) is 0 Å². The molecule has 4 heteroatoms. The summed E-state index contributed by atoms with van der Waals surface area (Å²) in [5.41, 5.74) is 2.94. The second kappa shape index (κ2) is 17.6. The first-order chi connectivity index (χ1) is 12.7. The minimum absolute atomic E-state index is 0. The quantitative estimate of drug-likeness (QED) is 0.157. The molecular weight excluding hydrogens is 570 g/mol. The van der Waals surface area contributed by atoms with Gasteiger partial charge < -0.3 is 48.0 Å². The lowest BCUT2D eigenvalue weighted by atomic mass is 10.0. The molecule has 0 aromatic carbocycles. The van der Waals surface area contributed by atoms with E-state index in [9.17, 15) is 0 Å². The van der Waals surface area contributed by atoms with Crippen LogP contribution in [-0.2, 0) is 26.9 Å². The highest BCUT2D eigenvalue weighted by atomic mass is 127. The summed E-state index contributed by atoms with van der Waals surface area (Å²) in [5.74, 6) is 0. The van der Waals surface area contributed by atoms with Crippen LogP contribution in [-0.4, -0.2) is 0 Å². The molecule has 0 saturated heterocycles. The minimum atomic E-state index is 0. The third-order valence-corrected chi connectivity index (χ3v) is 5.18. The number of aryl methyl sites for hydroxylation is 4. The van der Waals surface area contributed by atoms with Crippen LogP contribution < -0.4 is 57.1 Å². The van der Waals surface area contributed by atoms with E-state index in [2.05, 4.69) is 72.3 Å². The molecule has 0 fully saturated rings. The van der Waals surface area contributed by atoms with E-state index in [0.717, 1.165) is 0 Å². The number of aromatic nitrogens is 2. The van der Waals surface area contributed by atoms with E-state index >= 15 is 0 Å². The number of nitrogens with zero attached hydrogens (tertiary/aromatic N) is 2. The van der Waals surface area contributed by atoms with Gasteiger partial charge in [0.05, 0.1) is 0 Å². The molecule has 0 radical (unpaired) electrons. The van der Waals surface area contributed by atoms with Gasteiger partial charge in [-0.25, -0.2) is 9.13 Å². The summed E-state index contributed by atoms with van der Waals surface area (Å²) < 4.78 is 4.30. The van der Waals surface area contributed by atoms with Gasteiger partial charge >= 0.3 is 0 Å². The molecule has 0 atom stereocenters. The van der Waals surface area contributed by atoms with Crippen LogP contribution in [0, 0.1) is 0 Å². The highest BCUT2D eigenvalue weighted by Crippen LogP contribution is 2.13. The predicted octanol–water partition coefficient (Wildman–Crippen LogP) is -0.970. The lowest BCUT2D eigenvalue weighted by molar-refractivity contribution is -0.672. The van der Waals surface area contributed by atoms with Crippen LogP contribution >= 0.6 is 0 Å². The van der Waals surface area contributed by atoms with Crippen molar-refractivity contribution in [2.75, 3.05) is 0 Å². The van der Waals surface area contributed by atoms with Gasteiger partial charge in [-0.05, 0) is 37.8 Å². The molecule has 0 saturated carbocycles. The number of halogens is 2. The molecule has 0 aliphatic rings. The second-order valence-corrected chi connectivity index (χ2v) is 7.79. The molecule has 2 heterocycles. The van der Waals surface area contributed by atoms with E-state index < -0.39 is 0 Å². The third kappa shape index (κ3) is 13.1. The molecule has 2 aromatic rings. The van der Waals surface area contributed by atoms with Crippen molar-refractivity contribution >= 4 is 0 Å². The molecule has 0 N–H and O–H groups in total. The Morgan fingerprint density at radius 3 is 1.18 bits per heavy atom. The first-order valence-corrected chi connectivity index (χ1v) is 10.6. The summed E-state index contributed by atoms with van der Waals surface area (Å²) in [7, 11) is 4.20. The van der Waals surface area contributed by atoms with E-state index in [-0.39, 0.29) is 48.0 Å². The summed E-state index contributed by atoms with van der Waals surface area (Å²) in [6.45, 7) is 0. The fourth-order valence-corrected chi connectivity index (χ4v) is 3.67. The third-order valence-electron chi connectivity index (χ3n) is 5.18. The number of hydrogen-bond donors (Lipinski definition) is 0. The summed E-state index contributed by atoms with van der Waals surface area (Å²) in [5, 5.41) is 0. The van der Waals surface area contributed by atoms with Gasteiger partial charge in [-0.15, -0.1) is 0 Å². The molecular formula is C24H38I2N2. The Balaban J connectivity index is 0.00000364. The van der Waals surface area contributed by atoms with E-state index in [1.807, 2.05) is 0 Å². The maximum absolute atomic E-state index is 2.25. The van der Waals surface area contributed by atoms with Crippen molar-refractivity contribution in [3.8, 4) is 0 Å². The van der Waals surface area contributed by atoms with Crippen molar-refractivity contribution < 1.29 is 57.1 Å². The van der Waals surface area contributed by atoms with Crippen molar-refractivity contribution in [2.24, 2.45) is 14.1 Å². The van der Waals surface area contributed by atoms with Crippen LogP contribution in [0.3, 0.4) is 0 Å². The van der Waals surface area contributed by atoms with Gasteiger partial charge in [0.1, 0.15) is 14.1 Å². The monoisotopic (exact) mass is 608 g/mol. The van der Waals surface area contributed by atoms with Crippen LogP contribution in [0.25, 0.3) is 0 Å². The summed E-state index contributed by atoms with van der Waals surface area (Å²) in [4.78, 5) is 0. The Kier molecular flexibility index (Phi) is 17.5. The van der Waals surface area contributed by atoms with Crippen LogP contribution in [0.5, 0.6) is 0 Å². The maximum atomic E-state index is 2.25. The lowest BCUT2D eigenvalue weighted by Crippen LogP contribution is -3.00. The van der Waals surface area contributed by atoms with Gasteiger partial charge in [0.15, 0.2) is 24.8 Å². The van der Waals surface area contributed by atoms with Gasteiger partial charge in [0.2, 0.25) is 0 Å². The second-order valence-electron chi connectivity index (χ2n) is 7.79. The maximum Gasteiger partial charge on any atom is 0.171 e. The van der Waals surface area contributed by atoms with Gasteiger partial charge in [0.25, 0.3) is 0 Å². The van der Waals surface area contributed by atoms with E-state index in [1.54, 1.807) is 0 Å². The Labute approximate surface area is 207 Å². The van der Waals surface area contributed by atoms with Crippen LogP contribution in [0.2, 0.25) is 0 Å². The Hall–Kier alpha value is -0.240. The smallest absolute Gasteiger partial charge is 0.171 e. The Bertz CT molecular complexity index is 576. The largest absolute Gasteiger partial charge is 1.00 e. The molecule has 158 valence electrons. The summed E-state index contributed by atoms with van der Waals surface area (Å²) in [6.07, 6.45) is 25.1. The molecule has 2 aromatic heterocycles. The highest BCUT2D eigenvalue weighted by Gasteiger charge is 2.00. The first kappa shape index (κ1) is 27.8. The number of pyridine rings is 2. The zero-order valence-corrected chi connectivity index (χ0v) is 22.1. The molecule has 2 rings (SSSR count). The van der Waals surface area contributed by atoms with Crippen molar-refractivity contribution in [2.45, 2.75) is 77.0 Å². The van der Waals surface area contributed by atoms with Crippen LogP contribution in [0.1, 0.15) is 75.3 Å². The van der Waals surface area contributed by atoms with Crippen molar-refractivity contribution in [1.29, 1.82) is 0 Å². The summed E-state index contributed by atoms with van der Waals surface area (Å²) in [6, 6.07) is 8.79. The Morgan fingerprint density at radius 2 is 0.857 bits per heavy atom. The van der Waals surface area contributed by atoms with Gasteiger partial charge in [-0.3, -0.25) is 0 Å². The van der Waals surface area contributed by atoms with Gasteiger partial charge in [-0.2, -0.15) is 0 Å². The average molecular weight is 608 g/mol. The molecule has 0 aliphatic heterocycles. The Morgan fingerprint density at radius 1 is 0.536 bits per heavy atom. The molecule has 0 bridgehead atoms. The van der Waals surface area contributed by atoms with E-state index in [1.165, 1.54) is 88.2 Å². The standard InChI is InChI=1S/C24H38N2.2HI/c1-25-19-13-17-23(21-25)15-11-9-7-5-3-4-6-8-10-12-16-24-18-14-20-26(2)22-24;;/h13-14,17-22H,3-12,15-16H2,1-2H3;2*1H/q+2;;/p-2. The number of hydrogen-bond acceptors (Lipinski definition) is 0. The van der Waals surface area contributed by atoms with Gasteiger partial charge in [-0.1, -0.05) is 51.4 Å². The molecule has 0 spiro atoms. The molecule has 28 heavy (non-hydrogen) atoms. The first-order valence-electron chi connectivity index (χ1n) is 10.6. The molecule has 0 amide bonds. The minimum Gasteiger partial charge on any atom is -1.00 e. The number of unbranched alkanes of at least 4 members (excludes halogenated alkanes) is 9. The topological polar surface area (TPSA) is 7.76 Å². The van der Waals surface area contributed by atoms with Crippen LogP contribution in [0.15, 0.2) is 49.1 Å². The predicted molar refractivity (Wildman–Crippen MR) is 109 cm³/mol. The molecule has 0 unspecified atom stereocenters.